The molecule has 146 valence electrons. The summed E-state index contributed by atoms with van der Waals surface area (Å²) in [4.78, 5) is 39.0. The molecule has 1 aliphatic heterocycles. The number of benzene rings is 1. The predicted octanol–water partition coefficient (Wildman–Crippen LogP) is 3.72. The number of hydrogen-bond donors (Lipinski definition) is 2. The highest BCUT2D eigenvalue weighted by atomic mass is 35.5. The van der Waals surface area contributed by atoms with E-state index in [1.54, 1.807) is 18.2 Å². The lowest BCUT2D eigenvalue weighted by Gasteiger charge is -2.43. The van der Waals surface area contributed by atoms with E-state index < -0.39 is 17.5 Å². The topological polar surface area (TPSA) is 78.5 Å². The third-order valence-electron chi connectivity index (χ3n) is 5.39. The number of aryl methyl sites for hydroxylation is 1. The largest absolute Gasteiger partial charge is 0.325 e. The minimum atomic E-state index is -0.894. The fourth-order valence-corrected chi connectivity index (χ4v) is 4.98. The van der Waals surface area contributed by atoms with Gasteiger partial charge in [-0.2, -0.15) is 0 Å². The van der Waals surface area contributed by atoms with Gasteiger partial charge in [-0.1, -0.05) is 32.4 Å². The first-order valence-corrected chi connectivity index (χ1v) is 9.59. The van der Waals surface area contributed by atoms with Gasteiger partial charge in [-0.15, -0.1) is 0 Å². The molecule has 4 amide bonds. The van der Waals surface area contributed by atoms with Crippen molar-refractivity contribution < 1.29 is 14.4 Å². The monoisotopic (exact) mass is 391 g/mol. The van der Waals surface area contributed by atoms with Crippen LogP contribution in [0.4, 0.5) is 10.5 Å². The van der Waals surface area contributed by atoms with Gasteiger partial charge in [0.25, 0.3) is 5.91 Å². The van der Waals surface area contributed by atoms with Gasteiger partial charge in [0.05, 0.1) is 0 Å². The number of carbonyl (C=O) groups excluding carboxylic acids is 3. The van der Waals surface area contributed by atoms with Crippen molar-refractivity contribution >= 4 is 35.1 Å². The molecule has 27 heavy (non-hydrogen) atoms. The first kappa shape index (κ1) is 19.7. The van der Waals surface area contributed by atoms with E-state index in [-0.39, 0.29) is 17.9 Å². The molecule has 7 heteroatoms. The van der Waals surface area contributed by atoms with Crippen molar-refractivity contribution in [2.24, 2.45) is 11.3 Å². The predicted molar refractivity (Wildman–Crippen MR) is 105 cm³/mol. The Morgan fingerprint density at radius 3 is 2.67 bits per heavy atom. The Kier molecular flexibility index (Phi) is 4.97. The maximum absolute atomic E-state index is 13.1. The molecule has 2 fully saturated rings. The molecule has 1 aliphatic carbocycles. The third kappa shape index (κ3) is 3.95. The van der Waals surface area contributed by atoms with Gasteiger partial charge in [-0.25, -0.2) is 4.79 Å². The molecule has 3 rings (SSSR count). The van der Waals surface area contributed by atoms with Crippen molar-refractivity contribution in [2.45, 2.75) is 52.5 Å². The number of urea groups is 1. The van der Waals surface area contributed by atoms with E-state index in [0.717, 1.165) is 16.9 Å². The number of halogens is 1. The summed E-state index contributed by atoms with van der Waals surface area (Å²) in [5, 5.41) is 6.21. The van der Waals surface area contributed by atoms with Gasteiger partial charge in [-0.05, 0) is 61.3 Å². The maximum Gasteiger partial charge on any atom is 0.325 e. The van der Waals surface area contributed by atoms with Crippen LogP contribution in [0.3, 0.4) is 0 Å². The Bertz CT molecular complexity index is 808. The van der Waals surface area contributed by atoms with E-state index in [1.165, 1.54) is 0 Å². The molecule has 2 N–H and O–H groups in total. The minimum Gasteiger partial charge on any atom is -0.324 e. The molecule has 0 radical (unpaired) electrons. The van der Waals surface area contributed by atoms with Crippen molar-refractivity contribution in [3.63, 3.8) is 0 Å². The van der Waals surface area contributed by atoms with Gasteiger partial charge >= 0.3 is 6.03 Å². The van der Waals surface area contributed by atoms with E-state index in [9.17, 15) is 14.4 Å². The average molecular weight is 392 g/mol. The zero-order valence-corrected chi connectivity index (χ0v) is 16.9. The minimum absolute atomic E-state index is 0.0424. The number of nitrogens with one attached hydrogen (secondary N) is 2. The van der Waals surface area contributed by atoms with Crippen LogP contribution in [0.1, 0.15) is 45.6 Å². The molecule has 2 atom stereocenters. The Hall–Kier alpha value is -2.08. The molecule has 1 saturated heterocycles. The lowest BCUT2D eigenvalue weighted by molar-refractivity contribution is -0.136. The third-order valence-corrected chi connectivity index (χ3v) is 5.62. The summed E-state index contributed by atoms with van der Waals surface area (Å²) >= 11 is 5.93. The van der Waals surface area contributed by atoms with E-state index in [2.05, 4.69) is 31.4 Å². The van der Waals surface area contributed by atoms with E-state index in [1.807, 2.05) is 6.92 Å². The molecule has 0 unspecified atom stereocenters. The molecule has 1 spiro atoms. The molecule has 1 aromatic rings. The summed E-state index contributed by atoms with van der Waals surface area (Å²) in [6.07, 6.45) is 2.20. The Labute approximate surface area is 164 Å². The first-order valence-electron chi connectivity index (χ1n) is 9.21. The van der Waals surface area contributed by atoms with E-state index in [4.69, 9.17) is 11.6 Å². The van der Waals surface area contributed by atoms with Crippen LogP contribution in [-0.4, -0.2) is 34.8 Å². The van der Waals surface area contributed by atoms with Crippen LogP contribution in [0.2, 0.25) is 5.02 Å². The lowest BCUT2D eigenvalue weighted by Crippen LogP contribution is -2.54. The van der Waals surface area contributed by atoms with Gasteiger partial charge in [0, 0.05) is 10.7 Å². The highest BCUT2D eigenvalue weighted by molar-refractivity contribution is 6.30. The van der Waals surface area contributed by atoms with Crippen LogP contribution >= 0.6 is 11.6 Å². The second kappa shape index (κ2) is 6.82. The number of carbonyl (C=O) groups is 3. The normalized spacial score (nSPS) is 27.0. The summed E-state index contributed by atoms with van der Waals surface area (Å²) < 4.78 is 0. The van der Waals surface area contributed by atoms with Gasteiger partial charge in [0.1, 0.15) is 12.1 Å². The van der Waals surface area contributed by atoms with Crippen molar-refractivity contribution in [1.29, 1.82) is 0 Å². The fraction of sp³-hybridized carbons (Fsp3) is 0.550. The second-order valence-electron chi connectivity index (χ2n) is 8.77. The maximum atomic E-state index is 13.1. The van der Waals surface area contributed by atoms with Gasteiger partial charge in [-0.3, -0.25) is 14.5 Å². The van der Waals surface area contributed by atoms with Gasteiger partial charge < -0.3 is 10.6 Å². The number of anilines is 1. The SMILES string of the molecule is Cc1cc(Cl)ccc1NC(=O)CN1C(=O)N[C@]2(C[C@@H](C)CC(C)(C)C2)C1=O. The summed E-state index contributed by atoms with van der Waals surface area (Å²) in [5.74, 6) is -0.386. The van der Waals surface area contributed by atoms with E-state index >= 15 is 0 Å². The Morgan fingerprint density at radius 1 is 1.33 bits per heavy atom. The number of nitrogens with zero attached hydrogens (tertiary/aromatic N) is 1. The van der Waals surface area contributed by atoms with Crippen LogP contribution in [-0.2, 0) is 9.59 Å². The second-order valence-corrected chi connectivity index (χ2v) is 9.20. The molecule has 1 heterocycles. The number of rotatable bonds is 3. The van der Waals surface area contributed by atoms with Crippen molar-refractivity contribution in [3.8, 4) is 0 Å². The van der Waals surface area contributed by atoms with Crippen molar-refractivity contribution in [2.75, 3.05) is 11.9 Å². The molecule has 0 aromatic heterocycles. The van der Waals surface area contributed by atoms with Crippen LogP contribution in [0, 0.1) is 18.3 Å². The summed E-state index contributed by atoms with van der Waals surface area (Å²) in [6, 6.07) is 4.63. The van der Waals surface area contributed by atoms with Crippen LogP contribution in [0.25, 0.3) is 0 Å². The average Bonchev–Trinajstić information content (AvgIpc) is 2.72. The van der Waals surface area contributed by atoms with Crippen LogP contribution < -0.4 is 10.6 Å². The van der Waals surface area contributed by atoms with E-state index in [0.29, 0.717) is 29.5 Å². The molecule has 2 aliphatic rings. The highest BCUT2D eigenvalue weighted by Crippen LogP contribution is 2.46. The molecule has 6 nitrogen and oxygen atoms in total. The van der Waals surface area contributed by atoms with Gasteiger partial charge in [0.2, 0.25) is 5.91 Å². The zero-order valence-electron chi connectivity index (χ0n) is 16.2. The van der Waals surface area contributed by atoms with Crippen molar-refractivity contribution in [3.05, 3.63) is 28.8 Å². The molecule has 1 aromatic carbocycles. The number of amides is 4. The Balaban J connectivity index is 1.73. The summed E-state index contributed by atoms with van der Waals surface area (Å²) in [5.41, 5.74) is 0.486. The smallest absolute Gasteiger partial charge is 0.324 e. The molecule has 1 saturated carbocycles. The number of hydrogen-bond acceptors (Lipinski definition) is 3. The summed E-state index contributed by atoms with van der Waals surface area (Å²) in [6.45, 7) is 7.85. The fourth-order valence-electron chi connectivity index (χ4n) is 4.75. The van der Waals surface area contributed by atoms with Gasteiger partial charge in [0.15, 0.2) is 0 Å². The molecular weight excluding hydrogens is 366 g/mol. The lowest BCUT2D eigenvalue weighted by atomic mass is 9.64. The van der Waals surface area contributed by atoms with Crippen molar-refractivity contribution in [1.82, 2.24) is 10.2 Å². The van der Waals surface area contributed by atoms with Crippen LogP contribution in [0.5, 0.6) is 0 Å². The standard InChI is InChI=1S/C20H26ClN3O3/c1-12-8-19(3,4)11-20(9-12)17(26)24(18(27)23-20)10-16(25)22-15-6-5-14(21)7-13(15)2/h5-7,12H,8-11H2,1-4H3,(H,22,25)(H,23,27)/t12-,20-/m0/s1. The quantitative estimate of drug-likeness (QED) is 0.770. The molecular formula is C20H26ClN3O3. The molecule has 0 bridgehead atoms. The first-order chi connectivity index (χ1) is 12.5. The van der Waals surface area contributed by atoms with Crippen LogP contribution in [0.15, 0.2) is 18.2 Å². The summed E-state index contributed by atoms with van der Waals surface area (Å²) in [7, 11) is 0. The Morgan fingerprint density at radius 2 is 2.04 bits per heavy atom. The number of imide groups is 1. The highest BCUT2D eigenvalue weighted by Gasteiger charge is 2.56. The zero-order chi connectivity index (χ0) is 20.0.